The number of unbranched alkanes of at least 4 members (excludes halogenated alkanes) is 2. The fraction of sp³-hybridized carbons (Fsp3) is 0.500. The monoisotopic (exact) mass is 235 g/mol. The smallest absolute Gasteiger partial charge is 0.310 e. The number of benzene rings is 1. The first-order chi connectivity index (χ1) is 8.15. The van der Waals surface area contributed by atoms with Crippen LogP contribution in [0.1, 0.15) is 42.7 Å². The average Bonchev–Trinajstić information content (AvgIpc) is 2.28. The molecule has 1 rings (SSSR count). The van der Waals surface area contributed by atoms with Gasteiger partial charge in [0.2, 0.25) is 0 Å². The molecular formula is C14H21NO2. The molecule has 1 atom stereocenters. The van der Waals surface area contributed by atoms with Crippen molar-refractivity contribution >= 4 is 5.97 Å². The van der Waals surface area contributed by atoms with Crippen LogP contribution >= 0.6 is 0 Å². The van der Waals surface area contributed by atoms with Crippen molar-refractivity contribution in [3.8, 4) is 0 Å². The Morgan fingerprint density at radius 1 is 1.35 bits per heavy atom. The Hall–Kier alpha value is -1.35. The highest BCUT2D eigenvalue weighted by molar-refractivity contribution is 5.76. The second-order valence-corrected chi connectivity index (χ2v) is 4.44. The summed E-state index contributed by atoms with van der Waals surface area (Å²) in [6, 6.07) is 7.76. The SMILES string of the molecule is Cc1cccc(C(CCCCCN)C(=O)O)c1. The fourth-order valence-corrected chi connectivity index (χ4v) is 1.99. The minimum atomic E-state index is -0.733. The van der Waals surface area contributed by atoms with Gasteiger partial charge in [0, 0.05) is 0 Å². The number of hydrogen-bond acceptors (Lipinski definition) is 2. The van der Waals surface area contributed by atoms with E-state index in [1.54, 1.807) is 0 Å². The molecule has 0 aliphatic heterocycles. The highest BCUT2D eigenvalue weighted by Crippen LogP contribution is 2.23. The van der Waals surface area contributed by atoms with Crippen LogP contribution in [-0.4, -0.2) is 17.6 Å². The van der Waals surface area contributed by atoms with Gasteiger partial charge >= 0.3 is 5.97 Å². The standard InChI is InChI=1S/C14H21NO2/c1-11-6-5-7-12(10-11)13(14(16)17)8-3-2-4-9-15/h5-7,10,13H,2-4,8-9,15H2,1H3,(H,16,17). The number of rotatable bonds is 7. The van der Waals surface area contributed by atoms with Crippen molar-refractivity contribution in [1.82, 2.24) is 0 Å². The zero-order valence-electron chi connectivity index (χ0n) is 10.4. The van der Waals surface area contributed by atoms with E-state index in [9.17, 15) is 9.90 Å². The zero-order valence-corrected chi connectivity index (χ0v) is 10.4. The summed E-state index contributed by atoms with van der Waals surface area (Å²) in [4.78, 5) is 11.3. The maximum Gasteiger partial charge on any atom is 0.310 e. The van der Waals surface area contributed by atoms with Gasteiger partial charge in [0.05, 0.1) is 5.92 Å². The average molecular weight is 235 g/mol. The Kier molecular flexibility index (Phi) is 5.70. The van der Waals surface area contributed by atoms with Crippen molar-refractivity contribution in [2.45, 2.75) is 38.5 Å². The van der Waals surface area contributed by atoms with E-state index in [2.05, 4.69) is 0 Å². The molecule has 0 amide bonds. The third-order valence-corrected chi connectivity index (χ3v) is 2.94. The van der Waals surface area contributed by atoms with Crippen LogP contribution in [-0.2, 0) is 4.79 Å². The number of carbonyl (C=O) groups is 1. The lowest BCUT2D eigenvalue weighted by atomic mass is 9.92. The van der Waals surface area contributed by atoms with E-state index in [0.717, 1.165) is 30.4 Å². The second-order valence-electron chi connectivity index (χ2n) is 4.44. The zero-order chi connectivity index (χ0) is 12.7. The Morgan fingerprint density at radius 3 is 2.71 bits per heavy atom. The number of nitrogens with two attached hydrogens (primary N) is 1. The summed E-state index contributed by atoms with van der Waals surface area (Å²) in [5.41, 5.74) is 7.43. The van der Waals surface area contributed by atoms with Crippen LogP contribution < -0.4 is 5.73 Å². The Morgan fingerprint density at radius 2 is 2.12 bits per heavy atom. The summed E-state index contributed by atoms with van der Waals surface area (Å²) in [6.45, 7) is 2.67. The predicted octanol–water partition coefficient (Wildman–Crippen LogP) is 2.68. The van der Waals surface area contributed by atoms with Gasteiger partial charge in [-0.15, -0.1) is 0 Å². The third kappa shape index (κ3) is 4.57. The van der Waals surface area contributed by atoms with Crippen LogP contribution in [0.15, 0.2) is 24.3 Å². The molecule has 0 saturated heterocycles. The van der Waals surface area contributed by atoms with Gasteiger partial charge in [0.25, 0.3) is 0 Å². The Labute approximate surface area is 103 Å². The van der Waals surface area contributed by atoms with Crippen LogP contribution in [0, 0.1) is 6.92 Å². The fourth-order valence-electron chi connectivity index (χ4n) is 1.99. The summed E-state index contributed by atoms with van der Waals surface area (Å²) in [6.07, 6.45) is 3.59. The Balaban J connectivity index is 2.63. The summed E-state index contributed by atoms with van der Waals surface area (Å²) in [5.74, 6) is -1.11. The van der Waals surface area contributed by atoms with Crippen molar-refractivity contribution in [3.05, 3.63) is 35.4 Å². The molecule has 0 fully saturated rings. The van der Waals surface area contributed by atoms with Crippen LogP contribution in [0.3, 0.4) is 0 Å². The van der Waals surface area contributed by atoms with Gasteiger partial charge in [-0.2, -0.15) is 0 Å². The molecule has 1 aromatic rings. The lowest BCUT2D eigenvalue weighted by Gasteiger charge is -2.13. The quantitative estimate of drug-likeness (QED) is 0.714. The van der Waals surface area contributed by atoms with E-state index in [-0.39, 0.29) is 5.92 Å². The van der Waals surface area contributed by atoms with E-state index in [1.165, 1.54) is 0 Å². The normalized spacial score (nSPS) is 12.4. The molecule has 0 heterocycles. The van der Waals surface area contributed by atoms with Crippen LogP contribution in [0.4, 0.5) is 0 Å². The van der Waals surface area contributed by atoms with Gasteiger partial charge in [-0.1, -0.05) is 42.7 Å². The van der Waals surface area contributed by atoms with Crippen molar-refractivity contribution in [1.29, 1.82) is 0 Å². The van der Waals surface area contributed by atoms with Gasteiger partial charge in [0.15, 0.2) is 0 Å². The molecule has 94 valence electrons. The lowest BCUT2D eigenvalue weighted by Crippen LogP contribution is -2.12. The van der Waals surface area contributed by atoms with E-state index in [1.807, 2.05) is 31.2 Å². The first-order valence-electron chi connectivity index (χ1n) is 6.14. The van der Waals surface area contributed by atoms with Crippen molar-refractivity contribution < 1.29 is 9.90 Å². The number of carboxylic acids is 1. The number of aliphatic carboxylic acids is 1. The largest absolute Gasteiger partial charge is 0.481 e. The molecule has 0 bridgehead atoms. The molecule has 0 aliphatic carbocycles. The number of hydrogen-bond donors (Lipinski definition) is 2. The summed E-state index contributed by atoms with van der Waals surface area (Å²) in [5, 5.41) is 9.25. The maximum atomic E-state index is 11.3. The third-order valence-electron chi connectivity index (χ3n) is 2.94. The second kappa shape index (κ2) is 7.07. The number of carboxylic acid groups (broad SMARTS) is 1. The molecular weight excluding hydrogens is 214 g/mol. The van der Waals surface area contributed by atoms with Gasteiger partial charge < -0.3 is 10.8 Å². The van der Waals surface area contributed by atoms with E-state index in [0.29, 0.717) is 13.0 Å². The molecule has 3 nitrogen and oxygen atoms in total. The summed E-state index contributed by atoms with van der Waals surface area (Å²) in [7, 11) is 0. The van der Waals surface area contributed by atoms with Crippen LogP contribution in [0.5, 0.6) is 0 Å². The van der Waals surface area contributed by atoms with Crippen molar-refractivity contribution in [2.75, 3.05) is 6.54 Å². The summed E-state index contributed by atoms with van der Waals surface area (Å²) >= 11 is 0. The Bertz CT molecular complexity index is 363. The maximum absolute atomic E-state index is 11.3. The predicted molar refractivity (Wildman–Crippen MR) is 69.1 cm³/mol. The molecule has 1 aromatic carbocycles. The van der Waals surface area contributed by atoms with E-state index in [4.69, 9.17) is 5.73 Å². The minimum Gasteiger partial charge on any atom is -0.481 e. The molecule has 3 heteroatoms. The first-order valence-corrected chi connectivity index (χ1v) is 6.14. The highest BCUT2D eigenvalue weighted by Gasteiger charge is 2.18. The van der Waals surface area contributed by atoms with Gasteiger partial charge in [0.1, 0.15) is 0 Å². The number of aryl methyl sites for hydroxylation is 1. The molecule has 3 N–H and O–H groups in total. The lowest BCUT2D eigenvalue weighted by molar-refractivity contribution is -0.139. The molecule has 0 radical (unpaired) electrons. The van der Waals surface area contributed by atoms with Gasteiger partial charge in [-0.3, -0.25) is 4.79 Å². The first kappa shape index (κ1) is 13.7. The minimum absolute atomic E-state index is 0.382. The van der Waals surface area contributed by atoms with E-state index < -0.39 is 5.97 Å². The van der Waals surface area contributed by atoms with Crippen LogP contribution in [0.25, 0.3) is 0 Å². The molecule has 0 spiro atoms. The van der Waals surface area contributed by atoms with Crippen molar-refractivity contribution in [2.24, 2.45) is 5.73 Å². The highest BCUT2D eigenvalue weighted by atomic mass is 16.4. The summed E-state index contributed by atoms with van der Waals surface area (Å²) < 4.78 is 0. The topological polar surface area (TPSA) is 63.3 Å². The van der Waals surface area contributed by atoms with E-state index >= 15 is 0 Å². The van der Waals surface area contributed by atoms with Crippen LogP contribution in [0.2, 0.25) is 0 Å². The van der Waals surface area contributed by atoms with Crippen molar-refractivity contribution in [3.63, 3.8) is 0 Å². The molecule has 17 heavy (non-hydrogen) atoms. The molecule has 0 aliphatic rings. The van der Waals surface area contributed by atoms with Gasteiger partial charge in [-0.05, 0) is 31.9 Å². The molecule has 1 unspecified atom stereocenters. The molecule has 0 aromatic heterocycles. The van der Waals surface area contributed by atoms with Gasteiger partial charge in [-0.25, -0.2) is 0 Å². The molecule has 0 saturated carbocycles.